The van der Waals surface area contributed by atoms with Crippen LogP contribution in [0.3, 0.4) is 0 Å². The van der Waals surface area contributed by atoms with Crippen LogP contribution >= 0.6 is 0 Å². The maximum Gasteiger partial charge on any atom is 0.407 e. The number of hydrogen-bond donors (Lipinski definition) is 1. The van der Waals surface area contributed by atoms with Gasteiger partial charge in [0.25, 0.3) is 0 Å². The fraction of sp³-hybridized carbons (Fsp3) is 0.692. The van der Waals surface area contributed by atoms with Crippen molar-refractivity contribution in [1.82, 2.24) is 5.32 Å². The number of terminal acetylenes is 1. The van der Waals surface area contributed by atoms with Crippen LogP contribution in [0.15, 0.2) is 0 Å². The first kappa shape index (κ1) is 13.6. The number of carbonyl (C=O) groups is 2. The van der Waals surface area contributed by atoms with Crippen molar-refractivity contribution in [2.45, 2.75) is 51.7 Å². The molecule has 0 aromatic carbocycles. The van der Waals surface area contributed by atoms with E-state index >= 15 is 0 Å². The summed E-state index contributed by atoms with van der Waals surface area (Å²) in [6, 6.07) is 0.112. The van der Waals surface area contributed by atoms with Crippen molar-refractivity contribution in [3.63, 3.8) is 0 Å². The first-order valence-electron chi connectivity index (χ1n) is 5.79. The smallest absolute Gasteiger partial charge is 0.407 e. The van der Waals surface area contributed by atoms with Crippen LogP contribution in [0.1, 0.15) is 40.0 Å². The molecule has 1 rings (SSSR count). The van der Waals surface area contributed by atoms with Crippen molar-refractivity contribution in [3.05, 3.63) is 0 Å². The van der Waals surface area contributed by atoms with Crippen molar-refractivity contribution >= 4 is 11.9 Å². The third-order valence-corrected chi connectivity index (χ3v) is 2.59. The standard InChI is InChI=1S/C13H19NO3/c1-5-11(15)8-9-6-10(7-9)14-12(16)17-13(2,3)4/h1,9-10H,6-8H2,2-4H3,(H,14,16). The summed E-state index contributed by atoms with van der Waals surface area (Å²) in [6.07, 6.45) is 6.61. The van der Waals surface area contributed by atoms with Crippen molar-refractivity contribution in [1.29, 1.82) is 0 Å². The Balaban J connectivity index is 2.20. The van der Waals surface area contributed by atoms with Crippen molar-refractivity contribution in [2.75, 3.05) is 0 Å². The minimum atomic E-state index is -0.479. The summed E-state index contributed by atoms with van der Waals surface area (Å²) >= 11 is 0. The Morgan fingerprint density at radius 1 is 1.41 bits per heavy atom. The summed E-state index contributed by atoms with van der Waals surface area (Å²) in [5.41, 5.74) is -0.479. The monoisotopic (exact) mass is 237 g/mol. The lowest BCUT2D eigenvalue weighted by molar-refractivity contribution is -0.115. The van der Waals surface area contributed by atoms with Crippen LogP contribution in [0, 0.1) is 18.3 Å². The number of hydrogen-bond acceptors (Lipinski definition) is 3. The maximum absolute atomic E-state index is 11.4. The van der Waals surface area contributed by atoms with Gasteiger partial charge in [-0.25, -0.2) is 4.79 Å². The summed E-state index contributed by atoms with van der Waals surface area (Å²) in [4.78, 5) is 22.4. The molecule has 4 heteroatoms. The molecule has 1 aliphatic carbocycles. The largest absolute Gasteiger partial charge is 0.444 e. The van der Waals surface area contributed by atoms with Gasteiger partial charge in [0.05, 0.1) is 0 Å². The first-order valence-corrected chi connectivity index (χ1v) is 5.79. The molecular weight excluding hydrogens is 218 g/mol. The van der Waals surface area contributed by atoms with Crippen molar-refractivity contribution in [2.24, 2.45) is 5.92 Å². The molecule has 0 aromatic rings. The lowest BCUT2D eigenvalue weighted by Gasteiger charge is -2.35. The molecule has 0 heterocycles. The van der Waals surface area contributed by atoms with E-state index in [1.807, 2.05) is 20.8 Å². The van der Waals surface area contributed by atoms with Crippen LogP contribution in [0.2, 0.25) is 0 Å². The van der Waals surface area contributed by atoms with Crippen LogP contribution in [0.25, 0.3) is 0 Å². The first-order chi connectivity index (χ1) is 7.80. The van der Waals surface area contributed by atoms with Gasteiger partial charge in [-0.3, -0.25) is 4.79 Å². The third kappa shape index (κ3) is 4.90. The van der Waals surface area contributed by atoms with Gasteiger partial charge >= 0.3 is 6.09 Å². The van der Waals surface area contributed by atoms with Gasteiger partial charge in [-0.1, -0.05) is 0 Å². The molecule has 0 saturated heterocycles. The maximum atomic E-state index is 11.4. The fourth-order valence-electron chi connectivity index (χ4n) is 1.82. The summed E-state index contributed by atoms with van der Waals surface area (Å²) in [5.74, 6) is 2.24. The molecule has 94 valence electrons. The molecule has 1 fully saturated rings. The van der Waals surface area contributed by atoms with Crippen LogP contribution < -0.4 is 5.32 Å². The zero-order chi connectivity index (χ0) is 13.1. The van der Waals surface area contributed by atoms with E-state index in [4.69, 9.17) is 11.2 Å². The van der Waals surface area contributed by atoms with E-state index in [0.717, 1.165) is 12.8 Å². The summed E-state index contributed by atoms with van der Waals surface area (Å²) in [5, 5.41) is 2.77. The summed E-state index contributed by atoms with van der Waals surface area (Å²) < 4.78 is 5.13. The number of ketones is 1. The molecule has 1 N–H and O–H groups in total. The number of nitrogens with one attached hydrogen (secondary N) is 1. The Kier molecular flexibility index (Phi) is 4.17. The fourth-order valence-corrected chi connectivity index (χ4v) is 1.82. The van der Waals surface area contributed by atoms with Gasteiger partial charge < -0.3 is 10.1 Å². The number of ether oxygens (including phenoxy) is 1. The molecule has 0 spiro atoms. The Morgan fingerprint density at radius 3 is 2.47 bits per heavy atom. The van der Waals surface area contributed by atoms with E-state index < -0.39 is 11.7 Å². The number of amides is 1. The van der Waals surface area contributed by atoms with Gasteiger partial charge in [-0.05, 0) is 45.5 Å². The number of rotatable bonds is 3. The second-order valence-electron chi connectivity index (χ2n) is 5.45. The highest BCUT2D eigenvalue weighted by molar-refractivity contribution is 5.95. The molecular formula is C13H19NO3. The number of alkyl carbamates (subject to hydrolysis) is 1. The molecule has 4 nitrogen and oxygen atoms in total. The molecule has 0 unspecified atom stereocenters. The second-order valence-corrected chi connectivity index (χ2v) is 5.45. The molecule has 1 amide bonds. The average molecular weight is 237 g/mol. The molecule has 0 aliphatic heterocycles. The second kappa shape index (κ2) is 5.22. The Morgan fingerprint density at radius 2 is 2.00 bits per heavy atom. The van der Waals surface area contributed by atoms with Gasteiger partial charge in [0.2, 0.25) is 5.78 Å². The van der Waals surface area contributed by atoms with Gasteiger partial charge in [-0.15, -0.1) is 6.42 Å². The third-order valence-electron chi connectivity index (χ3n) is 2.59. The quantitative estimate of drug-likeness (QED) is 0.602. The highest BCUT2D eigenvalue weighted by atomic mass is 16.6. The predicted octanol–water partition coefficient (Wildman–Crippen LogP) is 1.88. The zero-order valence-electron chi connectivity index (χ0n) is 10.6. The van der Waals surface area contributed by atoms with Gasteiger partial charge in [0, 0.05) is 12.5 Å². The lowest BCUT2D eigenvalue weighted by Crippen LogP contribution is -2.46. The van der Waals surface area contributed by atoms with Gasteiger partial charge in [-0.2, -0.15) is 0 Å². The van der Waals surface area contributed by atoms with E-state index in [-0.39, 0.29) is 11.8 Å². The van der Waals surface area contributed by atoms with E-state index in [0.29, 0.717) is 12.3 Å². The minimum Gasteiger partial charge on any atom is -0.444 e. The molecule has 1 saturated carbocycles. The van der Waals surface area contributed by atoms with Crippen molar-refractivity contribution < 1.29 is 14.3 Å². The normalized spacial score (nSPS) is 23.2. The van der Waals surface area contributed by atoms with Crippen LogP contribution in [0.4, 0.5) is 4.79 Å². The van der Waals surface area contributed by atoms with E-state index in [2.05, 4.69) is 11.2 Å². The Hall–Kier alpha value is -1.50. The molecule has 1 aliphatic rings. The number of Topliss-reactive ketones (excluding diaryl/α,β-unsaturated/α-hetero) is 1. The summed E-state index contributed by atoms with van der Waals surface area (Å²) in [7, 11) is 0. The average Bonchev–Trinajstić information content (AvgIpc) is 2.11. The Labute approximate surface area is 102 Å². The van der Waals surface area contributed by atoms with Gasteiger partial charge in [0.15, 0.2) is 0 Å². The minimum absolute atomic E-state index is 0.112. The predicted molar refractivity (Wildman–Crippen MR) is 64.3 cm³/mol. The molecule has 0 bridgehead atoms. The molecule has 17 heavy (non-hydrogen) atoms. The topological polar surface area (TPSA) is 55.4 Å². The lowest BCUT2D eigenvalue weighted by atomic mass is 9.77. The number of carbonyl (C=O) groups excluding carboxylic acids is 2. The molecule has 0 radical (unpaired) electrons. The van der Waals surface area contributed by atoms with E-state index in [1.165, 1.54) is 0 Å². The molecule has 0 aromatic heterocycles. The van der Waals surface area contributed by atoms with Crippen LogP contribution in [0.5, 0.6) is 0 Å². The van der Waals surface area contributed by atoms with Gasteiger partial charge in [0.1, 0.15) is 5.60 Å². The van der Waals surface area contributed by atoms with Crippen LogP contribution in [-0.4, -0.2) is 23.5 Å². The SMILES string of the molecule is C#CC(=O)CC1CC(NC(=O)OC(C)(C)C)C1. The zero-order valence-corrected chi connectivity index (χ0v) is 10.6. The van der Waals surface area contributed by atoms with E-state index in [9.17, 15) is 9.59 Å². The highest BCUT2D eigenvalue weighted by Crippen LogP contribution is 2.30. The van der Waals surface area contributed by atoms with Crippen molar-refractivity contribution in [3.8, 4) is 12.3 Å². The summed E-state index contributed by atoms with van der Waals surface area (Å²) in [6.45, 7) is 5.46. The Bertz CT molecular complexity index is 343. The van der Waals surface area contributed by atoms with Crippen LogP contribution in [-0.2, 0) is 9.53 Å². The molecule has 0 atom stereocenters. The van der Waals surface area contributed by atoms with E-state index in [1.54, 1.807) is 0 Å². The highest BCUT2D eigenvalue weighted by Gasteiger charge is 2.32.